The molecule has 3 heterocycles. The topological polar surface area (TPSA) is 21.3 Å². The molecule has 2 aliphatic heterocycles. The zero-order valence-corrected chi connectivity index (χ0v) is 10.9. The molecule has 0 unspecified atom stereocenters. The summed E-state index contributed by atoms with van der Waals surface area (Å²) >= 11 is 5.39. The summed E-state index contributed by atoms with van der Waals surface area (Å²) in [5.41, 5.74) is 4.13. The van der Waals surface area contributed by atoms with E-state index in [1.54, 1.807) is 11.3 Å². The molecule has 3 rings (SSSR count). The monoisotopic (exact) mass is 285 g/mol. The van der Waals surface area contributed by atoms with E-state index in [1.165, 1.54) is 21.7 Å². The fourth-order valence-electron chi connectivity index (χ4n) is 2.23. The predicted octanol–water partition coefficient (Wildman–Crippen LogP) is 3.52. The van der Waals surface area contributed by atoms with Crippen LogP contribution in [0, 0.1) is 0 Å². The Kier molecular flexibility index (Phi) is 2.29. The summed E-state index contributed by atoms with van der Waals surface area (Å²) in [6, 6.07) is 0. The number of hydrogen-bond donors (Lipinski definition) is 1. The average molecular weight is 286 g/mol. The standard InChI is InChI=1S/C11H12BrNOS/c1-6-7-3-2-4-14-10-9(7)8(5-13-6)15-11(10)12/h13H,2-5H2,1H3. The van der Waals surface area contributed by atoms with Gasteiger partial charge in [0.25, 0.3) is 0 Å². The third-order valence-electron chi connectivity index (χ3n) is 2.98. The van der Waals surface area contributed by atoms with Gasteiger partial charge in [-0.25, -0.2) is 0 Å². The maximum atomic E-state index is 5.82. The number of ether oxygens (including phenoxy) is 1. The first-order chi connectivity index (χ1) is 7.27. The smallest absolute Gasteiger partial charge is 0.152 e. The van der Waals surface area contributed by atoms with Gasteiger partial charge in [-0.15, -0.1) is 11.3 Å². The maximum Gasteiger partial charge on any atom is 0.152 e. The van der Waals surface area contributed by atoms with Crippen LogP contribution in [0.3, 0.4) is 0 Å². The zero-order valence-electron chi connectivity index (χ0n) is 8.52. The van der Waals surface area contributed by atoms with E-state index in [1.807, 2.05) is 0 Å². The van der Waals surface area contributed by atoms with Crippen LogP contribution in [0.25, 0.3) is 5.57 Å². The Balaban J connectivity index is 2.26. The van der Waals surface area contributed by atoms with Gasteiger partial charge in [0, 0.05) is 22.7 Å². The minimum atomic E-state index is 0.832. The van der Waals surface area contributed by atoms with Crippen LogP contribution in [0.5, 0.6) is 5.75 Å². The molecular formula is C11H12BrNOS. The van der Waals surface area contributed by atoms with Gasteiger partial charge in [0.2, 0.25) is 0 Å². The van der Waals surface area contributed by atoms with Crippen molar-refractivity contribution in [2.75, 3.05) is 6.61 Å². The molecule has 0 amide bonds. The van der Waals surface area contributed by atoms with E-state index in [0.29, 0.717) is 0 Å². The van der Waals surface area contributed by atoms with Crippen LogP contribution in [0.2, 0.25) is 0 Å². The number of allylic oxidation sites excluding steroid dienone is 2. The minimum absolute atomic E-state index is 0.832. The molecule has 0 radical (unpaired) electrons. The van der Waals surface area contributed by atoms with Crippen LogP contribution in [0.15, 0.2) is 9.48 Å². The van der Waals surface area contributed by atoms with E-state index in [9.17, 15) is 0 Å². The van der Waals surface area contributed by atoms with Crippen LogP contribution >= 0.6 is 27.3 Å². The van der Waals surface area contributed by atoms with Gasteiger partial charge in [-0.2, -0.15) is 0 Å². The number of rotatable bonds is 0. The molecule has 0 aliphatic carbocycles. The second-order valence-corrected chi connectivity index (χ2v) is 6.34. The van der Waals surface area contributed by atoms with Crippen molar-refractivity contribution in [2.45, 2.75) is 26.3 Å². The number of halogens is 1. The van der Waals surface area contributed by atoms with Gasteiger partial charge in [0.1, 0.15) is 3.79 Å². The first-order valence-corrected chi connectivity index (χ1v) is 6.76. The molecule has 0 atom stereocenters. The Hall–Kier alpha value is -0.480. The summed E-state index contributed by atoms with van der Waals surface area (Å²) in [5.74, 6) is 1.07. The van der Waals surface area contributed by atoms with Crippen molar-refractivity contribution < 1.29 is 4.74 Å². The fraction of sp³-hybridized carbons (Fsp3) is 0.455. The molecule has 0 saturated heterocycles. The average Bonchev–Trinajstić information content (AvgIpc) is 2.44. The highest BCUT2D eigenvalue weighted by Crippen LogP contribution is 2.48. The van der Waals surface area contributed by atoms with Crippen LogP contribution in [-0.4, -0.2) is 6.61 Å². The van der Waals surface area contributed by atoms with Gasteiger partial charge in [0.05, 0.1) is 6.61 Å². The Morgan fingerprint density at radius 1 is 1.47 bits per heavy atom. The molecule has 80 valence electrons. The maximum absolute atomic E-state index is 5.82. The van der Waals surface area contributed by atoms with Crippen LogP contribution < -0.4 is 10.1 Å². The van der Waals surface area contributed by atoms with Crippen molar-refractivity contribution in [1.82, 2.24) is 5.32 Å². The van der Waals surface area contributed by atoms with Crippen LogP contribution in [-0.2, 0) is 6.54 Å². The molecule has 0 bridgehead atoms. The lowest BCUT2D eigenvalue weighted by Gasteiger charge is -2.19. The molecule has 1 N–H and O–H groups in total. The van der Waals surface area contributed by atoms with Crippen LogP contribution in [0.4, 0.5) is 0 Å². The summed E-state index contributed by atoms with van der Waals surface area (Å²) in [6.45, 7) is 3.94. The highest BCUT2D eigenvalue weighted by Gasteiger charge is 2.27. The lowest BCUT2D eigenvalue weighted by Crippen LogP contribution is -2.17. The van der Waals surface area contributed by atoms with E-state index in [0.717, 1.165) is 35.5 Å². The lowest BCUT2D eigenvalue weighted by molar-refractivity contribution is 0.317. The Labute approximate surface area is 101 Å². The Morgan fingerprint density at radius 3 is 3.20 bits per heavy atom. The van der Waals surface area contributed by atoms with Gasteiger partial charge in [-0.1, -0.05) is 0 Å². The van der Waals surface area contributed by atoms with Gasteiger partial charge >= 0.3 is 0 Å². The van der Waals surface area contributed by atoms with Crippen molar-refractivity contribution in [2.24, 2.45) is 0 Å². The Bertz CT molecular complexity index is 450. The van der Waals surface area contributed by atoms with Gasteiger partial charge in [-0.3, -0.25) is 0 Å². The van der Waals surface area contributed by atoms with E-state index in [2.05, 4.69) is 28.2 Å². The third kappa shape index (κ3) is 1.42. The lowest BCUT2D eigenvalue weighted by atomic mass is 9.97. The summed E-state index contributed by atoms with van der Waals surface area (Å²) in [5, 5.41) is 3.46. The molecule has 15 heavy (non-hydrogen) atoms. The largest absolute Gasteiger partial charge is 0.491 e. The molecule has 0 spiro atoms. The van der Waals surface area contributed by atoms with E-state index >= 15 is 0 Å². The van der Waals surface area contributed by atoms with Crippen molar-refractivity contribution in [3.05, 3.63) is 19.9 Å². The molecule has 2 aliphatic rings. The zero-order chi connectivity index (χ0) is 10.4. The predicted molar refractivity (Wildman–Crippen MR) is 66.2 cm³/mol. The van der Waals surface area contributed by atoms with Crippen molar-refractivity contribution in [1.29, 1.82) is 0 Å². The van der Waals surface area contributed by atoms with Crippen LogP contribution in [0.1, 0.15) is 30.2 Å². The molecule has 2 nitrogen and oxygen atoms in total. The highest BCUT2D eigenvalue weighted by molar-refractivity contribution is 9.11. The molecule has 1 aromatic heterocycles. The van der Waals surface area contributed by atoms with Crippen molar-refractivity contribution in [3.8, 4) is 5.75 Å². The number of thiophene rings is 1. The van der Waals surface area contributed by atoms with E-state index < -0.39 is 0 Å². The first kappa shape index (κ1) is 9.73. The van der Waals surface area contributed by atoms with Gasteiger partial charge in [-0.05, 0) is 41.3 Å². The first-order valence-electron chi connectivity index (χ1n) is 5.15. The normalized spacial score (nSPS) is 19.1. The molecule has 1 aromatic rings. The van der Waals surface area contributed by atoms with Crippen molar-refractivity contribution >= 4 is 32.8 Å². The van der Waals surface area contributed by atoms with E-state index in [-0.39, 0.29) is 0 Å². The summed E-state index contributed by atoms with van der Waals surface area (Å²) in [7, 11) is 0. The molecule has 0 fully saturated rings. The summed E-state index contributed by atoms with van der Waals surface area (Å²) in [4.78, 5) is 1.40. The fourth-order valence-corrected chi connectivity index (χ4v) is 4.06. The van der Waals surface area contributed by atoms with Crippen molar-refractivity contribution in [3.63, 3.8) is 0 Å². The summed E-state index contributed by atoms with van der Waals surface area (Å²) < 4.78 is 6.96. The van der Waals surface area contributed by atoms with Gasteiger partial charge in [0.15, 0.2) is 5.75 Å². The Morgan fingerprint density at radius 2 is 2.33 bits per heavy atom. The summed E-state index contributed by atoms with van der Waals surface area (Å²) in [6.07, 6.45) is 2.24. The second kappa shape index (κ2) is 3.52. The molecular weight excluding hydrogens is 274 g/mol. The molecule has 0 saturated carbocycles. The van der Waals surface area contributed by atoms with E-state index in [4.69, 9.17) is 4.74 Å². The van der Waals surface area contributed by atoms with Gasteiger partial charge < -0.3 is 10.1 Å². The number of nitrogens with one attached hydrogen (secondary N) is 1. The highest BCUT2D eigenvalue weighted by atomic mass is 79.9. The quantitative estimate of drug-likeness (QED) is 0.788. The third-order valence-corrected chi connectivity index (χ3v) is 4.79. The minimum Gasteiger partial charge on any atom is -0.491 e. The SMILES string of the molecule is CC1=C2CCCOc3c(Br)sc(c32)CN1. The second-order valence-electron chi connectivity index (χ2n) is 3.91. The molecule has 4 heteroatoms. The molecule has 0 aromatic carbocycles. The number of hydrogen-bond acceptors (Lipinski definition) is 3.